The highest BCUT2D eigenvalue weighted by Crippen LogP contribution is 2.44. The predicted octanol–water partition coefficient (Wildman–Crippen LogP) is 3.99. The predicted molar refractivity (Wildman–Crippen MR) is 174 cm³/mol. The number of carboxylic acid groups (broad SMARTS) is 1. The van der Waals surface area contributed by atoms with Crippen LogP contribution in [-0.4, -0.2) is 40.4 Å². The van der Waals surface area contributed by atoms with Crippen LogP contribution in [0, 0.1) is 6.92 Å². The standard InChI is InChI=1S/C35H32N4O4S/c1-3-38-32(40)28(44-34(38)29-30(35(42)43)36-39(33(29)41)25-13-11-21(2)12-14-25)20-22-18-24-10-7-16-37-17-15-26(27(19-22)31(24)37)23-8-5-4-6-9-23/h4-6,8-9,11-14,18-20,26H,3,7,10,15-17H2,1-2H3,(H,42,43)/b28-20+,34-29+. The Hall–Kier alpha value is -4.76. The Morgan fingerprint density at radius 2 is 1.84 bits per heavy atom. The van der Waals surface area contributed by atoms with Crippen molar-refractivity contribution in [1.29, 1.82) is 0 Å². The number of amides is 1. The molecule has 44 heavy (non-hydrogen) atoms. The van der Waals surface area contributed by atoms with Crippen molar-refractivity contribution in [2.45, 2.75) is 45.6 Å². The molecule has 7 rings (SSSR count). The van der Waals surface area contributed by atoms with Crippen LogP contribution < -0.4 is 24.7 Å². The molecule has 0 bridgehead atoms. The van der Waals surface area contributed by atoms with Crippen molar-refractivity contribution in [2.75, 3.05) is 23.0 Å². The number of nitrogens with zero attached hydrogens (tertiary/aromatic N) is 4. The van der Waals surface area contributed by atoms with Crippen LogP contribution in [0.2, 0.25) is 0 Å². The summed E-state index contributed by atoms with van der Waals surface area (Å²) in [6, 6.07) is 22.1. The quantitative estimate of drug-likeness (QED) is 0.372. The summed E-state index contributed by atoms with van der Waals surface area (Å²) < 4.78 is 2.24. The van der Waals surface area contributed by atoms with Crippen molar-refractivity contribution < 1.29 is 14.7 Å². The largest absolute Gasteiger partial charge is 0.476 e. The Balaban J connectivity index is 1.39. The maximum atomic E-state index is 13.8. The minimum absolute atomic E-state index is 0.0676. The van der Waals surface area contributed by atoms with Crippen LogP contribution in [0.3, 0.4) is 0 Å². The first kappa shape index (κ1) is 28.0. The third-order valence-corrected chi connectivity index (χ3v) is 9.89. The Labute approximate surface area is 258 Å². The Morgan fingerprint density at radius 1 is 1.07 bits per heavy atom. The lowest BCUT2D eigenvalue weighted by atomic mass is 9.80. The first-order valence-electron chi connectivity index (χ1n) is 15.0. The molecule has 0 fully saturated rings. The topological polar surface area (TPSA) is 95.2 Å². The molecule has 3 aliphatic heterocycles. The first-order chi connectivity index (χ1) is 21.3. The molecule has 1 amide bonds. The highest BCUT2D eigenvalue weighted by molar-refractivity contribution is 7.08. The molecule has 0 radical (unpaired) electrons. The van der Waals surface area contributed by atoms with Crippen molar-refractivity contribution in [1.82, 2.24) is 4.57 Å². The summed E-state index contributed by atoms with van der Waals surface area (Å²) in [7, 11) is 0. The van der Waals surface area contributed by atoms with Crippen molar-refractivity contribution >= 4 is 51.9 Å². The molecular formula is C35H32N4O4S. The van der Waals surface area contributed by atoms with Gasteiger partial charge in [0.15, 0.2) is 5.71 Å². The Bertz CT molecular complexity index is 2030. The average molecular weight is 605 g/mol. The van der Waals surface area contributed by atoms with Crippen LogP contribution in [0.1, 0.15) is 53.5 Å². The van der Waals surface area contributed by atoms with Crippen LogP contribution in [0.4, 0.5) is 11.4 Å². The number of hydrazone groups is 1. The zero-order valence-corrected chi connectivity index (χ0v) is 25.4. The van der Waals surface area contributed by atoms with Gasteiger partial charge in [-0.25, -0.2) is 4.79 Å². The van der Waals surface area contributed by atoms with Gasteiger partial charge in [0.1, 0.15) is 10.2 Å². The van der Waals surface area contributed by atoms with Gasteiger partial charge in [0, 0.05) is 31.2 Å². The van der Waals surface area contributed by atoms with Gasteiger partial charge in [-0.05, 0) is 85.7 Å². The summed E-state index contributed by atoms with van der Waals surface area (Å²) in [6.07, 6.45) is 4.99. The second kappa shape index (κ2) is 11.1. The summed E-state index contributed by atoms with van der Waals surface area (Å²) in [5.74, 6) is -1.61. The molecule has 222 valence electrons. The lowest BCUT2D eigenvalue weighted by molar-refractivity contribution is -0.129. The molecule has 3 aliphatic rings. The normalized spacial score (nSPS) is 19.3. The van der Waals surface area contributed by atoms with Crippen molar-refractivity contribution in [3.63, 3.8) is 0 Å². The molecule has 0 saturated heterocycles. The minimum Gasteiger partial charge on any atom is -0.476 e. The van der Waals surface area contributed by atoms with E-state index in [1.54, 1.807) is 12.1 Å². The van der Waals surface area contributed by atoms with Gasteiger partial charge >= 0.3 is 5.97 Å². The van der Waals surface area contributed by atoms with Crippen LogP contribution in [0.15, 0.2) is 76.6 Å². The van der Waals surface area contributed by atoms with Gasteiger partial charge in [-0.2, -0.15) is 10.1 Å². The monoisotopic (exact) mass is 604 g/mol. The third kappa shape index (κ3) is 4.68. The minimum atomic E-state index is -1.32. The molecule has 0 aliphatic carbocycles. The van der Waals surface area contributed by atoms with Gasteiger partial charge < -0.3 is 10.0 Å². The number of hydrogen-bond acceptors (Lipinski definition) is 6. The number of carbonyl (C=O) groups excluding carboxylic acids is 1. The van der Waals surface area contributed by atoms with Gasteiger partial charge in [-0.3, -0.25) is 14.2 Å². The van der Waals surface area contributed by atoms with Crippen molar-refractivity contribution in [3.8, 4) is 0 Å². The smallest absolute Gasteiger partial charge is 0.357 e. The molecule has 1 N–H and O–H groups in total. The van der Waals surface area contributed by atoms with E-state index in [0.29, 0.717) is 14.9 Å². The Morgan fingerprint density at radius 3 is 2.57 bits per heavy atom. The number of carboxylic acids is 1. The highest BCUT2D eigenvalue weighted by Gasteiger charge is 2.37. The molecule has 4 aromatic rings. The maximum Gasteiger partial charge on any atom is 0.357 e. The fraction of sp³-hybridized carbons (Fsp3) is 0.257. The number of aliphatic carboxylic acids is 1. The molecule has 1 aromatic heterocycles. The number of hydrogen-bond donors (Lipinski definition) is 1. The van der Waals surface area contributed by atoms with Gasteiger partial charge in [0.2, 0.25) is 0 Å². The molecule has 0 saturated carbocycles. The lowest BCUT2D eigenvalue weighted by Crippen LogP contribution is -2.36. The molecule has 9 heteroatoms. The second-order valence-corrected chi connectivity index (χ2v) is 12.5. The van der Waals surface area contributed by atoms with E-state index < -0.39 is 11.9 Å². The van der Waals surface area contributed by atoms with E-state index in [1.807, 2.05) is 38.1 Å². The maximum absolute atomic E-state index is 13.8. The number of rotatable bonds is 5. The van der Waals surface area contributed by atoms with Crippen LogP contribution in [0.25, 0.3) is 11.6 Å². The van der Waals surface area contributed by atoms with E-state index in [4.69, 9.17) is 0 Å². The third-order valence-electron chi connectivity index (χ3n) is 8.76. The summed E-state index contributed by atoms with van der Waals surface area (Å²) in [4.78, 5) is 42.3. The van der Waals surface area contributed by atoms with E-state index >= 15 is 0 Å². The Kier molecular flexibility index (Phi) is 7.05. The molecule has 1 atom stereocenters. The highest BCUT2D eigenvalue weighted by atomic mass is 32.1. The van der Waals surface area contributed by atoms with Crippen LogP contribution in [0.5, 0.6) is 0 Å². The second-order valence-electron chi connectivity index (χ2n) is 11.5. The molecule has 8 nitrogen and oxygen atoms in total. The number of aromatic nitrogens is 1. The van der Waals surface area contributed by atoms with Gasteiger partial charge in [-0.1, -0.05) is 48.0 Å². The van der Waals surface area contributed by atoms with E-state index in [2.05, 4.69) is 46.4 Å². The number of anilines is 2. The fourth-order valence-corrected chi connectivity index (χ4v) is 7.90. The summed E-state index contributed by atoms with van der Waals surface area (Å²) in [5, 5.41) is 15.3. The van der Waals surface area contributed by atoms with E-state index in [1.165, 1.54) is 26.9 Å². The number of aryl methyl sites for hydroxylation is 2. The summed E-state index contributed by atoms with van der Waals surface area (Å²) >= 11 is 1.15. The summed E-state index contributed by atoms with van der Waals surface area (Å²) in [6.45, 7) is 6.11. The first-order valence-corrected chi connectivity index (χ1v) is 15.8. The van der Waals surface area contributed by atoms with Crippen LogP contribution >= 0.6 is 11.3 Å². The number of carbonyl (C=O) groups is 2. The number of benzene rings is 3. The zero-order valence-electron chi connectivity index (χ0n) is 24.6. The van der Waals surface area contributed by atoms with Gasteiger partial charge in [0.05, 0.1) is 10.2 Å². The van der Waals surface area contributed by atoms with Gasteiger partial charge in [-0.15, -0.1) is 11.3 Å². The van der Waals surface area contributed by atoms with Crippen molar-refractivity contribution in [2.24, 2.45) is 5.10 Å². The van der Waals surface area contributed by atoms with E-state index in [0.717, 1.165) is 59.8 Å². The van der Waals surface area contributed by atoms with Crippen molar-refractivity contribution in [3.05, 3.63) is 114 Å². The van der Waals surface area contributed by atoms with E-state index in [9.17, 15) is 19.5 Å². The molecule has 0 spiro atoms. The molecular weight excluding hydrogens is 572 g/mol. The SMILES string of the molecule is CCn1c(=O)/c(=C\c2cc3c4c(c2)C(c2ccccc2)CCN4CCC3)s/c1=C1/C(=O)N(c2ccc(C)cc2)N=C1C(=O)O. The molecule has 3 aromatic carbocycles. The summed E-state index contributed by atoms with van der Waals surface area (Å²) in [5.41, 5.74) is 6.92. The average Bonchev–Trinajstić information content (AvgIpc) is 3.53. The van der Waals surface area contributed by atoms with E-state index in [-0.39, 0.29) is 29.3 Å². The zero-order chi connectivity index (χ0) is 30.5. The molecule has 1 unspecified atom stereocenters. The number of thiazole rings is 1. The van der Waals surface area contributed by atoms with Crippen LogP contribution in [-0.2, 0) is 22.6 Å². The fourth-order valence-electron chi connectivity index (χ4n) is 6.69. The lowest BCUT2D eigenvalue weighted by Gasteiger charge is -2.40. The van der Waals surface area contributed by atoms with Gasteiger partial charge in [0.25, 0.3) is 11.5 Å². The molecule has 4 heterocycles.